The number of fused-ring (bicyclic) bond motifs is 1. The number of hydrogen-bond acceptors (Lipinski definition) is 8. The van der Waals surface area contributed by atoms with Crippen LogP contribution in [0.2, 0.25) is 0 Å². The first-order chi connectivity index (χ1) is 18.1. The molecule has 1 amide bonds. The molecule has 0 saturated carbocycles. The van der Waals surface area contributed by atoms with Gasteiger partial charge in [-0.1, -0.05) is 0 Å². The largest absolute Gasteiger partial charge is 0.372 e. The van der Waals surface area contributed by atoms with Gasteiger partial charge in [-0.05, 0) is 58.9 Å². The second-order valence-corrected chi connectivity index (χ2v) is 10.1. The van der Waals surface area contributed by atoms with Gasteiger partial charge in [0.05, 0.1) is 41.5 Å². The fraction of sp³-hybridized carbons (Fsp3) is 0.407. The molecule has 11 heteroatoms. The molecule has 2 aromatic heterocycles. The summed E-state index contributed by atoms with van der Waals surface area (Å²) in [5.74, 6) is -0.799. The Morgan fingerprint density at radius 1 is 1.08 bits per heavy atom. The number of benzene rings is 1. The normalized spacial score (nSPS) is 20.9. The summed E-state index contributed by atoms with van der Waals surface area (Å²) >= 11 is 0. The third-order valence-electron chi connectivity index (χ3n) is 6.65. The summed E-state index contributed by atoms with van der Waals surface area (Å²) in [7, 11) is 0. The van der Waals surface area contributed by atoms with E-state index in [2.05, 4.69) is 25.6 Å². The van der Waals surface area contributed by atoms with Crippen molar-refractivity contribution >= 4 is 29.0 Å². The van der Waals surface area contributed by atoms with Gasteiger partial charge in [-0.3, -0.25) is 4.79 Å². The molecule has 38 heavy (non-hydrogen) atoms. The van der Waals surface area contributed by atoms with Crippen molar-refractivity contribution in [3.05, 3.63) is 53.9 Å². The molecule has 0 radical (unpaired) electrons. The first-order valence-electron chi connectivity index (χ1n) is 12.7. The van der Waals surface area contributed by atoms with Gasteiger partial charge in [0.1, 0.15) is 17.3 Å². The third kappa shape index (κ3) is 4.98. The van der Waals surface area contributed by atoms with E-state index >= 15 is 0 Å². The summed E-state index contributed by atoms with van der Waals surface area (Å²) in [6, 6.07) is 6.41. The van der Waals surface area contributed by atoms with Crippen LogP contribution < -0.4 is 15.5 Å². The second kappa shape index (κ2) is 10.1. The van der Waals surface area contributed by atoms with Crippen LogP contribution in [0.15, 0.2) is 36.7 Å². The zero-order chi connectivity index (χ0) is 27.1. The fourth-order valence-electron chi connectivity index (χ4n) is 5.15. The van der Waals surface area contributed by atoms with Gasteiger partial charge in [0.25, 0.3) is 5.91 Å². The SMILES string of the molecule is CC1CN(C(=O)c2ccc(Nc3ncc(F)c(-c4cc(F)c5c(c4)N(C(C)C)C(C)N5)n3)nc2)CC(C)O1. The number of rotatable bonds is 5. The summed E-state index contributed by atoms with van der Waals surface area (Å²) in [6.07, 6.45) is 2.35. The summed E-state index contributed by atoms with van der Waals surface area (Å²) < 4.78 is 35.5. The highest BCUT2D eigenvalue weighted by atomic mass is 19.1. The minimum Gasteiger partial charge on any atom is -0.372 e. The maximum Gasteiger partial charge on any atom is 0.255 e. The molecule has 2 aliphatic rings. The molecule has 1 fully saturated rings. The van der Waals surface area contributed by atoms with Crippen molar-refractivity contribution in [3.63, 3.8) is 0 Å². The lowest BCUT2D eigenvalue weighted by atomic mass is 10.1. The Hall–Kier alpha value is -3.86. The van der Waals surface area contributed by atoms with E-state index in [0.717, 1.165) is 6.20 Å². The molecule has 5 rings (SSSR count). The number of anilines is 4. The molecular formula is C27H31F2N7O2. The average Bonchev–Trinajstić information content (AvgIpc) is 3.21. The molecule has 1 aromatic carbocycles. The van der Waals surface area contributed by atoms with Crippen molar-refractivity contribution in [1.29, 1.82) is 0 Å². The van der Waals surface area contributed by atoms with Gasteiger partial charge in [0.15, 0.2) is 5.82 Å². The summed E-state index contributed by atoms with van der Waals surface area (Å²) in [5.41, 5.74) is 1.76. The van der Waals surface area contributed by atoms with Crippen LogP contribution in [-0.4, -0.2) is 63.3 Å². The first kappa shape index (κ1) is 25.8. The van der Waals surface area contributed by atoms with Crippen molar-refractivity contribution in [2.45, 2.75) is 59.0 Å². The number of nitrogens with zero attached hydrogens (tertiary/aromatic N) is 5. The van der Waals surface area contributed by atoms with Crippen LogP contribution in [0, 0.1) is 11.6 Å². The molecule has 2 aliphatic heterocycles. The molecule has 0 bridgehead atoms. The van der Waals surface area contributed by atoms with Gasteiger partial charge in [-0.2, -0.15) is 0 Å². The van der Waals surface area contributed by atoms with E-state index < -0.39 is 11.6 Å². The molecule has 0 spiro atoms. The van der Waals surface area contributed by atoms with Crippen molar-refractivity contribution in [2.75, 3.05) is 28.6 Å². The molecule has 9 nitrogen and oxygen atoms in total. The van der Waals surface area contributed by atoms with Crippen LogP contribution in [0.3, 0.4) is 0 Å². The smallest absolute Gasteiger partial charge is 0.255 e. The number of nitrogens with one attached hydrogen (secondary N) is 2. The quantitative estimate of drug-likeness (QED) is 0.493. The number of pyridine rings is 1. The Bertz CT molecular complexity index is 1340. The Morgan fingerprint density at radius 3 is 2.47 bits per heavy atom. The van der Waals surface area contributed by atoms with Crippen LogP contribution in [0.25, 0.3) is 11.3 Å². The van der Waals surface area contributed by atoms with E-state index in [9.17, 15) is 13.6 Å². The molecular weight excluding hydrogens is 492 g/mol. The van der Waals surface area contributed by atoms with Crippen LogP contribution >= 0.6 is 0 Å². The van der Waals surface area contributed by atoms with Gasteiger partial charge >= 0.3 is 0 Å². The minimum absolute atomic E-state index is 0.0326. The van der Waals surface area contributed by atoms with Gasteiger partial charge in [0, 0.05) is 30.9 Å². The number of halogens is 2. The summed E-state index contributed by atoms with van der Waals surface area (Å²) in [5, 5.41) is 6.08. The number of morpholine rings is 1. The van der Waals surface area contributed by atoms with E-state index in [-0.39, 0.29) is 42.0 Å². The fourth-order valence-corrected chi connectivity index (χ4v) is 5.15. The average molecular weight is 524 g/mol. The number of hydrogen-bond donors (Lipinski definition) is 2. The number of amides is 1. The number of ether oxygens (including phenoxy) is 1. The van der Waals surface area contributed by atoms with E-state index in [1.54, 1.807) is 23.1 Å². The highest BCUT2D eigenvalue weighted by Crippen LogP contribution is 2.41. The van der Waals surface area contributed by atoms with Crippen molar-refractivity contribution in [2.24, 2.45) is 0 Å². The van der Waals surface area contributed by atoms with E-state index in [0.29, 0.717) is 41.4 Å². The molecule has 3 unspecified atom stereocenters. The van der Waals surface area contributed by atoms with E-state index in [1.165, 1.54) is 12.3 Å². The molecule has 1 saturated heterocycles. The van der Waals surface area contributed by atoms with Crippen molar-refractivity contribution < 1.29 is 18.3 Å². The Morgan fingerprint density at radius 2 is 1.82 bits per heavy atom. The van der Waals surface area contributed by atoms with Crippen molar-refractivity contribution in [3.8, 4) is 11.3 Å². The van der Waals surface area contributed by atoms with E-state index in [4.69, 9.17) is 4.74 Å². The molecule has 2 N–H and O–H groups in total. The van der Waals surface area contributed by atoms with Crippen molar-refractivity contribution in [1.82, 2.24) is 19.9 Å². The Balaban J connectivity index is 1.36. The van der Waals surface area contributed by atoms with Crippen LogP contribution in [0.5, 0.6) is 0 Å². The Labute approximate surface area is 220 Å². The second-order valence-electron chi connectivity index (χ2n) is 10.1. The minimum atomic E-state index is -0.673. The predicted octanol–water partition coefficient (Wildman–Crippen LogP) is 4.80. The number of carbonyl (C=O) groups excluding carboxylic acids is 1. The van der Waals surface area contributed by atoms with Gasteiger partial charge in [-0.15, -0.1) is 0 Å². The predicted molar refractivity (Wildman–Crippen MR) is 142 cm³/mol. The molecule has 200 valence electrons. The zero-order valence-electron chi connectivity index (χ0n) is 22.0. The highest BCUT2D eigenvalue weighted by molar-refractivity contribution is 5.94. The van der Waals surface area contributed by atoms with Crippen LogP contribution in [0.4, 0.5) is 31.9 Å². The van der Waals surface area contributed by atoms with Gasteiger partial charge in [0.2, 0.25) is 5.95 Å². The molecule has 0 aliphatic carbocycles. The number of carbonyl (C=O) groups is 1. The summed E-state index contributed by atoms with van der Waals surface area (Å²) in [4.78, 5) is 29.3. The lowest BCUT2D eigenvalue weighted by Gasteiger charge is -2.35. The topological polar surface area (TPSA) is 95.5 Å². The van der Waals surface area contributed by atoms with Gasteiger partial charge in [-0.25, -0.2) is 23.7 Å². The lowest BCUT2D eigenvalue weighted by molar-refractivity contribution is -0.0586. The highest BCUT2D eigenvalue weighted by Gasteiger charge is 2.31. The van der Waals surface area contributed by atoms with E-state index in [1.807, 2.05) is 39.5 Å². The van der Waals surface area contributed by atoms with Gasteiger partial charge < -0.3 is 25.2 Å². The zero-order valence-corrected chi connectivity index (χ0v) is 22.0. The summed E-state index contributed by atoms with van der Waals surface area (Å²) in [6.45, 7) is 10.9. The molecule has 4 heterocycles. The Kier molecular flexibility index (Phi) is 6.87. The van der Waals surface area contributed by atoms with Crippen LogP contribution in [-0.2, 0) is 4.74 Å². The molecule has 3 atom stereocenters. The maximum atomic E-state index is 15.0. The third-order valence-corrected chi connectivity index (χ3v) is 6.65. The lowest BCUT2D eigenvalue weighted by Crippen LogP contribution is -2.48. The maximum absolute atomic E-state index is 15.0. The first-order valence-corrected chi connectivity index (χ1v) is 12.7. The standard InChI is InChI=1S/C27H31F2N7O2/c1-14(2)36-17(5)32-25-20(28)8-19(9-22(25)36)24-21(29)11-31-27(34-24)33-23-7-6-18(10-30-23)26(37)35-12-15(3)38-16(4)13-35/h6-11,14-17,32H,12-13H2,1-5H3,(H,30,31,33,34). The van der Waals surface area contributed by atoms with Crippen LogP contribution in [0.1, 0.15) is 45.0 Å². The monoisotopic (exact) mass is 523 g/mol. The molecule has 3 aromatic rings. The number of aromatic nitrogens is 3.